The molecule has 2 N–H and O–H groups in total. The Morgan fingerprint density at radius 2 is 1.83 bits per heavy atom. The fraction of sp³-hybridized carbons (Fsp3) is 0.667. The summed E-state index contributed by atoms with van der Waals surface area (Å²) in [5.41, 5.74) is 1.12. The summed E-state index contributed by atoms with van der Waals surface area (Å²) in [5.74, 6) is 2.50. The van der Waals surface area contributed by atoms with E-state index in [4.69, 9.17) is 9.47 Å². The number of nitrogens with zero attached hydrogens (tertiary/aromatic N) is 3. The Balaban J connectivity index is 0.00000420. The van der Waals surface area contributed by atoms with E-state index >= 15 is 0 Å². The van der Waals surface area contributed by atoms with Crippen LogP contribution in [0, 0.1) is 0 Å². The summed E-state index contributed by atoms with van der Waals surface area (Å²) in [7, 11) is 5.20. The van der Waals surface area contributed by atoms with E-state index in [0.29, 0.717) is 12.1 Å². The van der Waals surface area contributed by atoms with E-state index < -0.39 is 0 Å². The number of hydrogen-bond acceptors (Lipinski definition) is 5. The highest BCUT2D eigenvalue weighted by Gasteiger charge is 2.24. The largest absolute Gasteiger partial charge is 0.497 e. The van der Waals surface area contributed by atoms with Gasteiger partial charge in [0.25, 0.3) is 0 Å². The molecule has 1 aromatic carbocycles. The molecule has 0 saturated carbocycles. The Bertz CT molecular complexity index is 617. The number of hydrogen-bond donors (Lipinski definition) is 2. The van der Waals surface area contributed by atoms with Crippen LogP contribution in [0.3, 0.4) is 0 Å². The molecule has 0 spiro atoms. The van der Waals surface area contributed by atoms with E-state index in [9.17, 15) is 0 Å². The lowest BCUT2D eigenvalue weighted by Gasteiger charge is -2.27. The zero-order valence-electron chi connectivity index (χ0n) is 18.7. The van der Waals surface area contributed by atoms with Crippen LogP contribution in [0.15, 0.2) is 23.2 Å². The summed E-state index contributed by atoms with van der Waals surface area (Å²) in [6, 6.07) is 6.84. The Morgan fingerprint density at radius 3 is 2.34 bits per heavy atom. The molecule has 29 heavy (non-hydrogen) atoms. The number of methoxy groups -OCH3 is 2. The second-order valence-electron chi connectivity index (χ2n) is 7.17. The highest BCUT2D eigenvalue weighted by Crippen LogP contribution is 2.30. The van der Waals surface area contributed by atoms with Crippen molar-refractivity contribution in [3.8, 4) is 11.5 Å². The monoisotopic (exact) mass is 519 g/mol. The third-order valence-electron chi connectivity index (χ3n) is 5.45. The van der Waals surface area contributed by atoms with Crippen molar-refractivity contribution >= 4 is 35.6 Å². The molecule has 2 rings (SSSR count). The molecule has 0 aromatic heterocycles. The number of rotatable bonds is 9. The van der Waals surface area contributed by atoms with Crippen molar-refractivity contribution in [2.24, 2.45) is 4.99 Å². The molecule has 8 heteroatoms. The summed E-state index contributed by atoms with van der Waals surface area (Å²) in [6.45, 7) is 11.6. The molecule has 1 saturated heterocycles. The van der Waals surface area contributed by atoms with Crippen molar-refractivity contribution in [1.82, 2.24) is 15.5 Å². The van der Waals surface area contributed by atoms with Gasteiger partial charge in [-0.15, -0.1) is 24.0 Å². The van der Waals surface area contributed by atoms with Crippen molar-refractivity contribution < 1.29 is 9.47 Å². The summed E-state index contributed by atoms with van der Waals surface area (Å²) in [6.07, 6.45) is 1.06. The van der Waals surface area contributed by atoms with Gasteiger partial charge in [0.1, 0.15) is 11.5 Å². The van der Waals surface area contributed by atoms with Gasteiger partial charge in [0.05, 0.1) is 14.2 Å². The van der Waals surface area contributed by atoms with E-state index in [1.807, 2.05) is 13.1 Å². The first-order valence-electron chi connectivity index (χ1n) is 10.2. The third-order valence-corrected chi connectivity index (χ3v) is 5.45. The van der Waals surface area contributed by atoms with Crippen LogP contribution in [-0.2, 0) is 0 Å². The number of likely N-dealkylation sites (N-methyl/N-ethyl adjacent to an activating group) is 1. The maximum atomic E-state index is 5.40. The minimum absolute atomic E-state index is 0. The highest BCUT2D eigenvalue weighted by atomic mass is 127. The number of ether oxygens (including phenoxy) is 2. The first-order valence-corrected chi connectivity index (χ1v) is 10.2. The van der Waals surface area contributed by atoms with Gasteiger partial charge in [-0.25, -0.2) is 0 Å². The van der Waals surface area contributed by atoms with Crippen molar-refractivity contribution in [2.45, 2.75) is 39.3 Å². The topological polar surface area (TPSA) is 61.4 Å². The van der Waals surface area contributed by atoms with Gasteiger partial charge in [0, 0.05) is 62.7 Å². The molecule has 0 bridgehead atoms. The molecule has 1 aliphatic heterocycles. The lowest BCUT2D eigenvalue weighted by atomic mass is 10.2. The van der Waals surface area contributed by atoms with Crippen molar-refractivity contribution in [3.63, 3.8) is 0 Å². The van der Waals surface area contributed by atoms with Gasteiger partial charge in [0.15, 0.2) is 5.96 Å². The number of anilines is 1. The Morgan fingerprint density at radius 1 is 1.21 bits per heavy atom. The Kier molecular flexibility index (Phi) is 11.5. The molecule has 1 heterocycles. The quantitative estimate of drug-likeness (QED) is 0.297. The Labute approximate surface area is 193 Å². The van der Waals surface area contributed by atoms with Gasteiger partial charge >= 0.3 is 0 Å². The van der Waals surface area contributed by atoms with Crippen LogP contribution in [-0.4, -0.2) is 76.9 Å². The smallest absolute Gasteiger partial charge is 0.191 e. The summed E-state index contributed by atoms with van der Waals surface area (Å²) in [5, 5.41) is 7.04. The summed E-state index contributed by atoms with van der Waals surface area (Å²) < 4.78 is 10.8. The van der Waals surface area contributed by atoms with Crippen molar-refractivity contribution in [2.75, 3.05) is 58.9 Å². The summed E-state index contributed by atoms with van der Waals surface area (Å²) in [4.78, 5) is 9.20. The number of nitrogens with one attached hydrogen (secondary N) is 2. The summed E-state index contributed by atoms with van der Waals surface area (Å²) >= 11 is 0. The van der Waals surface area contributed by atoms with Crippen LogP contribution in [0.5, 0.6) is 11.5 Å². The molecule has 7 nitrogen and oxygen atoms in total. The predicted molar refractivity (Wildman–Crippen MR) is 132 cm³/mol. The normalized spacial score (nSPS) is 17.7. The molecule has 0 radical (unpaired) electrons. The molecule has 1 fully saturated rings. The molecule has 1 aliphatic rings. The van der Waals surface area contributed by atoms with Crippen LogP contribution in [0.4, 0.5) is 5.69 Å². The van der Waals surface area contributed by atoms with Crippen molar-refractivity contribution in [1.29, 1.82) is 0 Å². The van der Waals surface area contributed by atoms with Gasteiger partial charge < -0.3 is 25.0 Å². The van der Waals surface area contributed by atoms with Gasteiger partial charge in [-0.2, -0.15) is 0 Å². The van der Waals surface area contributed by atoms with E-state index in [-0.39, 0.29) is 24.0 Å². The van der Waals surface area contributed by atoms with Gasteiger partial charge in [-0.05, 0) is 26.4 Å². The van der Waals surface area contributed by atoms with E-state index in [1.165, 1.54) is 0 Å². The fourth-order valence-electron chi connectivity index (χ4n) is 3.70. The SMILES string of the molecule is CCN(CC)C(C)CNC(=NC)NC1CCN(c2cc(OC)cc(OC)c2)C1.I. The van der Waals surface area contributed by atoms with Crippen molar-refractivity contribution in [3.05, 3.63) is 18.2 Å². The van der Waals surface area contributed by atoms with E-state index in [0.717, 1.165) is 62.3 Å². The van der Waals surface area contributed by atoms with E-state index in [1.54, 1.807) is 14.2 Å². The predicted octanol–water partition coefficient (Wildman–Crippen LogP) is 2.80. The number of guanidine groups is 1. The Hall–Kier alpha value is -1.42. The molecule has 0 aliphatic carbocycles. The third kappa shape index (κ3) is 7.40. The van der Waals surface area contributed by atoms with Crippen LogP contribution < -0.4 is 25.0 Å². The average Bonchev–Trinajstić information content (AvgIpc) is 3.20. The maximum absolute atomic E-state index is 5.40. The van der Waals surface area contributed by atoms with Crippen LogP contribution in [0.1, 0.15) is 27.2 Å². The number of benzene rings is 1. The first kappa shape index (κ1) is 25.6. The van der Waals surface area contributed by atoms with Crippen LogP contribution in [0.2, 0.25) is 0 Å². The second kappa shape index (κ2) is 13.0. The molecule has 2 unspecified atom stereocenters. The van der Waals surface area contributed by atoms with Crippen LogP contribution >= 0.6 is 24.0 Å². The van der Waals surface area contributed by atoms with Gasteiger partial charge in [0.2, 0.25) is 0 Å². The number of halogens is 1. The van der Waals surface area contributed by atoms with E-state index in [2.05, 4.69) is 58.3 Å². The zero-order chi connectivity index (χ0) is 20.5. The molecule has 166 valence electrons. The standard InChI is InChI=1S/C21H37N5O2.HI/c1-7-25(8-2)16(3)14-23-21(22-4)24-17-9-10-26(15-17)18-11-19(27-5)13-20(12-18)28-6;/h11-13,16-17H,7-10,14-15H2,1-6H3,(H2,22,23,24);1H. The van der Waals surface area contributed by atoms with Crippen LogP contribution in [0.25, 0.3) is 0 Å². The fourth-order valence-corrected chi connectivity index (χ4v) is 3.70. The highest BCUT2D eigenvalue weighted by molar-refractivity contribution is 14.0. The molecular formula is C21H38IN5O2. The molecule has 1 aromatic rings. The zero-order valence-corrected chi connectivity index (χ0v) is 21.0. The lowest BCUT2D eigenvalue weighted by Crippen LogP contribution is -2.49. The first-order chi connectivity index (χ1) is 13.5. The minimum atomic E-state index is 0. The lowest BCUT2D eigenvalue weighted by molar-refractivity contribution is 0.231. The minimum Gasteiger partial charge on any atom is -0.497 e. The molecule has 0 amide bonds. The maximum Gasteiger partial charge on any atom is 0.191 e. The number of aliphatic imine (C=N–C) groups is 1. The molecule has 2 atom stereocenters. The average molecular weight is 519 g/mol. The second-order valence-corrected chi connectivity index (χ2v) is 7.17. The molecular weight excluding hydrogens is 481 g/mol. The van der Waals surface area contributed by atoms with Gasteiger partial charge in [-0.3, -0.25) is 9.89 Å². The van der Waals surface area contributed by atoms with Gasteiger partial charge in [-0.1, -0.05) is 13.8 Å².